The molecule has 4 aromatic rings. The number of benzene rings is 4. The number of rotatable bonds is 4. The fourth-order valence-corrected chi connectivity index (χ4v) is 5.82. The molecule has 4 rings (SSSR count). The highest BCUT2D eigenvalue weighted by molar-refractivity contribution is 7.87. The third kappa shape index (κ3) is 6.23. The van der Waals surface area contributed by atoms with Crippen LogP contribution in [0.25, 0.3) is 21.5 Å². The quantitative estimate of drug-likeness (QED) is 0.258. The lowest BCUT2D eigenvalue weighted by Gasteiger charge is -2.08. The molecule has 192 valence electrons. The fourth-order valence-electron chi connectivity index (χ4n) is 3.23. The van der Waals surface area contributed by atoms with Gasteiger partial charge in [-0.1, -0.05) is 42.5 Å². The highest BCUT2D eigenvalue weighted by Crippen LogP contribution is 2.29. The van der Waals surface area contributed by atoms with Gasteiger partial charge in [-0.3, -0.25) is 18.2 Å². The van der Waals surface area contributed by atoms with Gasteiger partial charge in [0.2, 0.25) is 0 Å². The normalized spacial score (nSPS) is 12.8. The topological polar surface area (TPSA) is 217 Å². The molecule has 0 aliphatic carbocycles. The first-order valence-electron chi connectivity index (χ1n) is 9.34. The van der Waals surface area contributed by atoms with E-state index in [1.807, 2.05) is 6.07 Å². The minimum absolute atomic E-state index is 0.0457. The summed E-state index contributed by atoms with van der Waals surface area (Å²) >= 11 is 0. The molecule has 0 radical (unpaired) electrons. The molecule has 0 aromatic heterocycles. The van der Waals surface area contributed by atoms with E-state index in [0.717, 1.165) is 29.7 Å². The second-order valence-electron chi connectivity index (χ2n) is 7.18. The van der Waals surface area contributed by atoms with Gasteiger partial charge >= 0.3 is 0 Å². The van der Waals surface area contributed by atoms with E-state index >= 15 is 0 Å². The molecule has 0 amide bonds. The summed E-state index contributed by atoms with van der Waals surface area (Å²) in [4.78, 5) is -2.36. The Bertz CT molecular complexity index is 1920. The molecule has 12 nitrogen and oxygen atoms in total. The second kappa shape index (κ2) is 9.49. The van der Waals surface area contributed by atoms with Gasteiger partial charge < -0.3 is 0 Å². The third-order valence-electron chi connectivity index (χ3n) is 4.76. The molecule has 0 fully saturated rings. The summed E-state index contributed by atoms with van der Waals surface area (Å²) in [6, 6.07) is 15.8. The summed E-state index contributed by atoms with van der Waals surface area (Å²) in [6.07, 6.45) is 0. The Kier molecular flexibility index (Phi) is 7.28. The lowest BCUT2D eigenvalue weighted by atomic mass is 10.1. The van der Waals surface area contributed by atoms with Crippen molar-refractivity contribution in [3.8, 4) is 0 Å². The summed E-state index contributed by atoms with van der Waals surface area (Å²) in [5, 5.41) is 0.903. The van der Waals surface area contributed by atoms with Gasteiger partial charge in [0.05, 0.1) is 9.79 Å². The second-order valence-corrected chi connectivity index (χ2v) is 12.8. The van der Waals surface area contributed by atoms with Crippen LogP contribution in [0.5, 0.6) is 0 Å². The van der Waals surface area contributed by atoms with Crippen LogP contribution in [0, 0.1) is 0 Å². The van der Waals surface area contributed by atoms with Gasteiger partial charge in [0.25, 0.3) is 40.5 Å². The van der Waals surface area contributed by atoms with Crippen molar-refractivity contribution in [3.05, 3.63) is 72.8 Å². The number of hydrogen-bond donors (Lipinski definition) is 4. The first kappa shape index (κ1) is 27.6. The van der Waals surface area contributed by atoms with Crippen molar-refractivity contribution in [2.75, 3.05) is 0 Å². The van der Waals surface area contributed by atoms with E-state index in [-0.39, 0.29) is 15.7 Å². The molecule has 0 saturated heterocycles. The summed E-state index contributed by atoms with van der Waals surface area (Å²) < 4.78 is 125. The minimum atomic E-state index is -4.85. The molecule has 4 aromatic carbocycles. The van der Waals surface area contributed by atoms with Gasteiger partial charge in [-0.2, -0.15) is 33.7 Å². The number of fused-ring (bicyclic) bond motifs is 2. The Hall–Kier alpha value is -2.96. The average molecular weight is 577 g/mol. The van der Waals surface area contributed by atoms with Crippen molar-refractivity contribution >= 4 is 62.0 Å². The van der Waals surface area contributed by atoms with Crippen LogP contribution in [-0.4, -0.2) is 51.9 Å². The van der Waals surface area contributed by atoms with Gasteiger partial charge in [0, 0.05) is 10.8 Å². The van der Waals surface area contributed by atoms with Crippen molar-refractivity contribution in [3.63, 3.8) is 0 Å². The zero-order chi connectivity index (χ0) is 27.1. The van der Waals surface area contributed by atoms with Crippen molar-refractivity contribution < 1.29 is 51.9 Å². The standard InChI is InChI=1S/C10H8O9S3.C10H8O3S/c11-20(12,13)7-1-2-9-6(3-7)4-8(21(14,15)16)5-10(9)22(17,18)19;11-14(12,13)10-7-3-5-8-4-1-2-6-9(8)10/h1-5H,(H,11,12,13)(H,14,15,16)(H,17,18,19);1-7H,(H,11,12,13). The smallest absolute Gasteiger partial charge is 0.282 e. The Labute approximate surface area is 205 Å². The first-order chi connectivity index (χ1) is 16.4. The van der Waals surface area contributed by atoms with Crippen molar-refractivity contribution in [2.24, 2.45) is 0 Å². The molecule has 0 bridgehead atoms. The highest BCUT2D eigenvalue weighted by Gasteiger charge is 2.21. The summed E-state index contributed by atoms with van der Waals surface area (Å²) in [7, 11) is -18.4. The monoisotopic (exact) mass is 576 g/mol. The molecular formula is C20H16O12S4. The van der Waals surface area contributed by atoms with Gasteiger partial charge in [-0.05, 0) is 41.1 Å². The zero-order valence-electron chi connectivity index (χ0n) is 17.6. The molecule has 0 aliphatic rings. The van der Waals surface area contributed by atoms with Crippen LogP contribution in [-0.2, 0) is 40.5 Å². The van der Waals surface area contributed by atoms with Gasteiger partial charge in [0.15, 0.2) is 0 Å². The van der Waals surface area contributed by atoms with Gasteiger partial charge in [0.1, 0.15) is 9.79 Å². The molecule has 0 unspecified atom stereocenters. The van der Waals surface area contributed by atoms with Crippen molar-refractivity contribution in [1.29, 1.82) is 0 Å². The molecule has 0 saturated carbocycles. The molecule has 0 spiro atoms. The Balaban J connectivity index is 0.000000221. The van der Waals surface area contributed by atoms with Crippen LogP contribution in [0.1, 0.15) is 0 Å². The van der Waals surface area contributed by atoms with E-state index in [1.165, 1.54) is 6.07 Å². The van der Waals surface area contributed by atoms with E-state index in [2.05, 4.69) is 0 Å². The minimum Gasteiger partial charge on any atom is -0.282 e. The Morgan fingerprint density at radius 2 is 0.917 bits per heavy atom. The molecule has 0 aliphatic heterocycles. The molecule has 0 atom stereocenters. The largest absolute Gasteiger partial charge is 0.295 e. The summed E-state index contributed by atoms with van der Waals surface area (Å²) in [5.74, 6) is 0. The summed E-state index contributed by atoms with van der Waals surface area (Å²) in [5.41, 5.74) is 0. The Morgan fingerprint density at radius 1 is 0.417 bits per heavy atom. The van der Waals surface area contributed by atoms with E-state index in [4.69, 9.17) is 18.2 Å². The van der Waals surface area contributed by atoms with E-state index in [0.29, 0.717) is 11.5 Å². The predicted octanol–water partition coefficient (Wildman–Crippen LogP) is 2.67. The maximum absolute atomic E-state index is 11.3. The molecule has 16 heteroatoms. The van der Waals surface area contributed by atoms with Crippen molar-refractivity contribution in [1.82, 2.24) is 0 Å². The van der Waals surface area contributed by atoms with E-state index in [1.54, 1.807) is 30.3 Å². The van der Waals surface area contributed by atoms with Crippen molar-refractivity contribution in [2.45, 2.75) is 19.6 Å². The number of hydrogen-bond acceptors (Lipinski definition) is 8. The van der Waals surface area contributed by atoms with E-state index < -0.39 is 55.2 Å². The fraction of sp³-hybridized carbons (Fsp3) is 0. The van der Waals surface area contributed by atoms with E-state index in [9.17, 15) is 33.7 Å². The molecule has 4 N–H and O–H groups in total. The van der Waals surface area contributed by atoms with Crippen LogP contribution in [0.4, 0.5) is 0 Å². The lowest BCUT2D eigenvalue weighted by molar-refractivity contribution is 0.479. The first-order valence-corrected chi connectivity index (χ1v) is 15.1. The van der Waals surface area contributed by atoms with Crippen LogP contribution in [0.15, 0.2) is 92.4 Å². The Morgan fingerprint density at radius 3 is 1.47 bits per heavy atom. The van der Waals surface area contributed by atoms with Crippen LogP contribution in [0.2, 0.25) is 0 Å². The SMILES string of the molecule is O=S(=O)(O)c1ccc2c(S(=O)(=O)O)cc(S(=O)(=O)O)cc2c1.O=S(=O)(O)c1cccc2ccccc12. The lowest BCUT2D eigenvalue weighted by Crippen LogP contribution is -2.05. The van der Waals surface area contributed by atoms with Crippen LogP contribution < -0.4 is 0 Å². The highest BCUT2D eigenvalue weighted by atomic mass is 32.2. The maximum Gasteiger partial charge on any atom is 0.295 e. The average Bonchev–Trinajstić information content (AvgIpc) is 2.75. The molecule has 36 heavy (non-hydrogen) atoms. The van der Waals surface area contributed by atoms with Crippen LogP contribution >= 0.6 is 0 Å². The molecular weight excluding hydrogens is 560 g/mol. The molecule has 0 heterocycles. The maximum atomic E-state index is 11.3. The summed E-state index contributed by atoms with van der Waals surface area (Å²) in [6.45, 7) is 0. The predicted molar refractivity (Wildman–Crippen MR) is 127 cm³/mol. The zero-order valence-corrected chi connectivity index (χ0v) is 20.9. The third-order valence-corrected chi connectivity index (χ3v) is 8.25. The van der Waals surface area contributed by atoms with Gasteiger partial charge in [-0.15, -0.1) is 0 Å². The van der Waals surface area contributed by atoms with Crippen LogP contribution in [0.3, 0.4) is 0 Å². The van der Waals surface area contributed by atoms with Gasteiger partial charge in [-0.25, -0.2) is 0 Å².